The first-order valence-corrected chi connectivity index (χ1v) is 14.5. The van der Waals surface area contributed by atoms with Gasteiger partial charge in [-0.2, -0.15) is 0 Å². The highest BCUT2D eigenvalue weighted by Gasteiger charge is 2.64. The number of ketones is 2. The molecule has 1 saturated carbocycles. The van der Waals surface area contributed by atoms with Crippen LogP contribution in [0.4, 0.5) is 0 Å². The first kappa shape index (κ1) is 29.5. The van der Waals surface area contributed by atoms with Crippen molar-refractivity contribution in [2.75, 3.05) is 14.1 Å². The number of fused-ring (bicyclic) bond motifs is 4. The summed E-state index contributed by atoms with van der Waals surface area (Å²) in [7, 11) is 3.15. The molecule has 10 nitrogen and oxygen atoms in total. The van der Waals surface area contributed by atoms with Crippen LogP contribution >= 0.6 is 0 Å². The van der Waals surface area contributed by atoms with Gasteiger partial charge in [0.1, 0.15) is 22.8 Å². The number of phenols is 1. The van der Waals surface area contributed by atoms with Gasteiger partial charge < -0.3 is 26.2 Å². The fourth-order valence-corrected chi connectivity index (χ4v) is 7.36. The van der Waals surface area contributed by atoms with Gasteiger partial charge in [0.05, 0.1) is 17.1 Å². The number of para-hydroxylation sites is 1. The predicted molar refractivity (Wildman–Crippen MR) is 164 cm³/mol. The number of Topliss-reactive ketones (excluding diaryl/α,β-unsaturated/α-hetero) is 2. The van der Waals surface area contributed by atoms with Crippen molar-refractivity contribution >= 4 is 34.1 Å². The van der Waals surface area contributed by atoms with E-state index < -0.39 is 63.5 Å². The lowest BCUT2D eigenvalue weighted by Crippen LogP contribution is -2.65. The van der Waals surface area contributed by atoms with E-state index in [-0.39, 0.29) is 29.7 Å². The van der Waals surface area contributed by atoms with Gasteiger partial charge in [0.2, 0.25) is 5.78 Å². The molecule has 228 valence electrons. The summed E-state index contributed by atoms with van der Waals surface area (Å²) in [5, 5.41) is 47.4. The van der Waals surface area contributed by atoms with Crippen LogP contribution < -0.4 is 5.73 Å². The lowest BCUT2D eigenvalue weighted by molar-refractivity contribution is -0.153. The molecule has 0 spiro atoms. The molecule has 1 aromatic heterocycles. The maximum Gasteiger partial charge on any atom is 0.255 e. The highest BCUT2D eigenvalue weighted by Crippen LogP contribution is 2.55. The molecule has 0 bridgehead atoms. The summed E-state index contributed by atoms with van der Waals surface area (Å²) in [6.07, 6.45) is 1.94. The Morgan fingerprint density at radius 1 is 1.09 bits per heavy atom. The molecule has 10 heteroatoms. The Morgan fingerprint density at radius 2 is 1.77 bits per heavy atom. The zero-order chi connectivity index (χ0) is 32.0. The smallest absolute Gasteiger partial charge is 0.255 e. The maximum absolute atomic E-state index is 14.2. The minimum absolute atomic E-state index is 0.0168. The lowest BCUT2D eigenvalue weighted by atomic mass is 9.57. The molecule has 2 aromatic carbocycles. The summed E-state index contributed by atoms with van der Waals surface area (Å²) in [5.41, 5.74) is 4.63. The van der Waals surface area contributed by atoms with Gasteiger partial charge in [-0.25, -0.2) is 0 Å². The van der Waals surface area contributed by atoms with Crippen molar-refractivity contribution in [1.82, 2.24) is 9.88 Å². The molecule has 1 heterocycles. The third kappa shape index (κ3) is 4.01. The standard InChI is InChI=1S/C34H35N3O7/c1-33(2,3)21-13-18(17-10-15-8-6-7-9-22(15)36-14-17)19-11-16-12-20-26(37(4)5)29(40)25(32(35)43)31(42)34(20,44)30(41)23(16)28(39)24(19)27(21)38/h6-10,13-14,16,20,26,38-39,42,44H,11-12H2,1-5H3,(H2,35,43). The Kier molecular flexibility index (Phi) is 6.53. The van der Waals surface area contributed by atoms with Crippen molar-refractivity contribution in [3.05, 3.63) is 76.2 Å². The van der Waals surface area contributed by atoms with Gasteiger partial charge in [-0.15, -0.1) is 0 Å². The number of carbonyl (C=O) groups is 3. The van der Waals surface area contributed by atoms with Crippen LogP contribution in [0.2, 0.25) is 0 Å². The van der Waals surface area contributed by atoms with E-state index >= 15 is 0 Å². The van der Waals surface area contributed by atoms with Crippen LogP contribution in [-0.2, 0) is 26.2 Å². The molecule has 3 aliphatic carbocycles. The highest BCUT2D eigenvalue weighted by molar-refractivity contribution is 6.24. The number of aromatic nitrogens is 1. The molecule has 4 unspecified atom stereocenters. The molecule has 0 saturated heterocycles. The molecular weight excluding hydrogens is 562 g/mol. The first-order valence-electron chi connectivity index (χ1n) is 14.5. The van der Waals surface area contributed by atoms with Crippen LogP contribution in [0.15, 0.2) is 59.5 Å². The largest absolute Gasteiger partial charge is 0.508 e. The number of likely N-dealkylation sites (N-methyl/N-ethyl adjacent to an activating group) is 1. The molecule has 6 N–H and O–H groups in total. The molecule has 44 heavy (non-hydrogen) atoms. The van der Waals surface area contributed by atoms with Crippen LogP contribution in [0.1, 0.15) is 43.9 Å². The van der Waals surface area contributed by atoms with Crippen molar-refractivity contribution < 1.29 is 34.8 Å². The van der Waals surface area contributed by atoms with Gasteiger partial charge in [0.15, 0.2) is 11.4 Å². The SMILES string of the molecule is CN(C)C1C(=O)C(C(N)=O)=C(O)C2(O)C(=O)C3=C(O)c4c(O)c(C(C)(C)C)cc(-c5cnc6ccccc6c5)c4CC3CC12. The molecular formula is C34H35N3O7. The van der Waals surface area contributed by atoms with Gasteiger partial charge >= 0.3 is 0 Å². The zero-order valence-electron chi connectivity index (χ0n) is 25.2. The number of hydrogen-bond donors (Lipinski definition) is 5. The second-order valence-electron chi connectivity index (χ2n) is 13.3. The molecule has 3 aromatic rings. The molecule has 0 aliphatic heterocycles. The normalized spacial score (nSPS) is 25.3. The lowest BCUT2D eigenvalue weighted by Gasteiger charge is -2.50. The number of primary amides is 1. The molecule has 6 rings (SSSR count). The van der Waals surface area contributed by atoms with E-state index in [1.165, 1.54) is 4.90 Å². The minimum Gasteiger partial charge on any atom is -0.508 e. The monoisotopic (exact) mass is 597 g/mol. The second-order valence-corrected chi connectivity index (χ2v) is 13.3. The van der Waals surface area contributed by atoms with Gasteiger partial charge in [-0.1, -0.05) is 39.0 Å². The summed E-state index contributed by atoms with van der Waals surface area (Å²) in [6.45, 7) is 5.75. The summed E-state index contributed by atoms with van der Waals surface area (Å²) in [4.78, 5) is 46.0. The number of amides is 1. The van der Waals surface area contributed by atoms with E-state index in [0.717, 1.165) is 22.0 Å². The molecule has 1 fully saturated rings. The van der Waals surface area contributed by atoms with Crippen LogP contribution in [0, 0.1) is 11.8 Å². The molecule has 3 aliphatic rings. The Morgan fingerprint density at radius 3 is 2.41 bits per heavy atom. The molecule has 0 radical (unpaired) electrons. The number of aromatic hydroxyl groups is 1. The highest BCUT2D eigenvalue weighted by atomic mass is 16.3. The van der Waals surface area contributed by atoms with E-state index in [9.17, 15) is 34.8 Å². The fourth-order valence-electron chi connectivity index (χ4n) is 7.36. The van der Waals surface area contributed by atoms with Crippen LogP contribution in [0.25, 0.3) is 27.8 Å². The second kappa shape index (κ2) is 9.73. The van der Waals surface area contributed by atoms with Crippen LogP contribution in [0.5, 0.6) is 5.75 Å². The van der Waals surface area contributed by atoms with Gasteiger partial charge in [0, 0.05) is 34.2 Å². The summed E-state index contributed by atoms with van der Waals surface area (Å²) < 4.78 is 0. The number of nitrogens with two attached hydrogens (primary N) is 1. The Hall–Kier alpha value is -4.54. The van der Waals surface area contributed by atoms with Crippen LogP contribution in [0.3, 0.4) is 0 Å². The third-order valence-electron chi connectivity index (χ3n) is 9.43. The van der Waals surface area contributed by atoms with E-state index in [4.69, 9.17) is 5.73 Å². The Balaban J connectivity index is 1.63. The van der Waals surface area contributed by atoms with Crippen molar-refractivity contribution in [1.29, 1.82) is 0 Å². The minimum atomic E-state index is -2.69. The predicted octanol–water partition coefficient (Wildman–Crippen LogP) is 3.48. The van der Waals surface area contributed by atoms with E-state index in [1.54, 1.807) is 20.3 Å². The number of aliphatic hydroxyl groups excluding tert-OH is 2. The number of carbonyl (C=O) groups excluding carboxylic acids is 3. The topological polar surface area (TPSA) is 174 Å². The fraction of sp³-hybridized carbons (Fsp3) is 0.353. The number of pyridine rings is 1. The molecule has 4 atom stereocenters. The number of nitrogens with zero attached hydrogens (tertiary/aromatic N) is 2. The number of rotatable bonds is 3. The molecule has 1 amide bonds. The van der Waals surface area contributed by atoms with Gasteiger partial charge in [0.25, 0.3) is 5.91 Å². The summed E-state index contributed by atoms with van der Waals surface area (Å²) in [5.74, 6) is -6.73. The first-order chi connectivity index (χ1) is 20.6. The summed E-state index contributed by atoms with van der Waals surface area (Å²) in [6, 6.07) is 10.4. The van der Waals surface area contributed by atoms with Crippen molar-refractivity contribution in [3.8, 4) is 16.9 Å². The van der Waals surface area contributed by atoms with Crippen molar-refractivity contribution in [2.45, 2.75) is 50.7 Å². The number of aliphatic hydroxyl groups is 3. The number of hydrogen-bond acceptors (Lipinski definition) is 9. The van der Waals surface area contributed by atoms with E-state index in [1.807, 2.05) is 57.2 Å². The number of phenolic OH excluding ortho intramolecular Hbond substituents is 1. The van der Waals surface area contributed by atoms with Crippen molar-refractivity contribution in [2.24, 2.45) is 17.6 Å². The average molecular weight is 598 g/mol. The Bertz CT molecular complexity index is 1870. The summed E-state index contributed by atoms with van der Waals surface area (Å²) >= 11 is 0. The number of benzene rings is 2. The van der Waals surface area contributed by atoms with E-state index in [0.29, 0.717) is 11.1 Å². The van der Waals surface area contributed by atoms with E-state index in [2.05, 4.69) is 4.98 Å². The maximum atomic E-state index is 14.2. The zero-order valence-corrected chi connectivity index (χ0v) is 25.2. The van der Waals surface area contributed by atoms with Crippen LogP contribution in [-0.4, -0.2) is 73.5 Å². The third-order valence-corrected chi connectivity index (χ3v) is 9.43. The van der Waals surface area contributed by atoms with Gasteiger partial charge in [-0.3, -0.25) is 24.3 Å². The Labute approximate surface area is 254 Å². The van der Waals surface area contributed by atoms with Crippen molar-refractivity contribution in [3.63, 3.8) is 0 Å². The quantitative estimate of drug-likeness (QED) is 0.283. The average Bonchev–Trinajstić information content (AvgIpc) is 2.94. The van der Waals surface area contributed by atoms with Gasteiger partial charge in [-0.05, 0) is 67.6 Å².